The molecule has 0 spiro atoms. The topological polar surface area (TPSA) is 82.4 Å². The molecule has 1 aliphatic heterocycles. The van der Waals surface area contributed by atoms with Crippen LogP contribution in [0.5, 0.6) is 0 Å². The number of aliphatic hydroxyl groups excluding tert-OH is 1. The molecule has 0 aliphatic carbocycles. The average molecular weight is 248 g/mol. The zero-order valence-electron chi connectivity index (χ0n) is 9.21. The third-order valence-electron chi connectivity index (χ3n) is 2.73. The van der Waals surface area contributed by atoms with Crippen LogP contribution in [0.1, 0.15) is 12.8 Å². The number of hydrogen-bond acceptors (Lipinski definition) is 4. The van der Waals surface area contributed by atoms with Gasteiger partial charge in [0.1, 0.15) is 12.0 Å². The zero-order chi connectivity index (χ0) is 12.9. The number of alkyl halides is 2. The lowest BCUT2D eigenvalue weighted by molar-refractivity contribution is -0.135. The zero-order valence-corrected chi connectivity index (χ0v) is 9.21. The summed E-state index contributed by atoms with van der Waals surface area (Å²) in [6.45, 7) is -1.78. The molecule has 0 unspecified atom stereocenters. The predicted molar refractivity (Wildman–Crippen MR) is 53.1 cm³/mol. The largest absolute Gasteiger partial charge is 0.390 e. The molecule has 1 aliphatic rings. The molecule has 0 bridgehead atoms. The van der Waals surface area contributed by atoms with E-state index in [1.165, 1.54) is 0 Å². The number of ether oxygens (including phenoxy) is 1. The highest BCUT2D eigenvalue weighted by Gasteiger charge is 2.41. The fourth-order valence-electron chi connectivity index (χ4n) is 1.54. The molecule has 7 heteroatoms. The number of hydrogen-bond donors (Lipinski definition) is 2. The van der Waals surface area contributed by atoms with Gasteiger partial charge in [0.2, 0.25) is 5.91 Å². The van der Waals surface area contributed by atoms with Gasteiger partial charge in [-0.25, -0.2) is 8.78 Å². The summed E-state index contributed by atoms with van der Waals surface area (Å²) in [7, 11) is 0. The highest BCUT2D eigenvalue weighted by atomic mass is 19.3. The van der Waals surface area contributed by atoms with Crippen LogP contribution in [0.2, 0.25) is 0 Å². The number of aliphatic hydroxyl groups is 1. The van der Waals surface area contributed by atoms with Gasteiger partial charge in [-0.1, -0.05) is 0 Å². The normalized spacial score (nSPS) is 19.4. The average Bonchev–Trinajstić information content (AvgIpc) is 2.37. The Morgan fingerprint density at radius 2 is 2.12 bits per heavy atom. The quantitative estimate of drug-likeness (QED) is 0.736. The number of nitrogens with zero attached hydrogens (tertiary/aromatic N) is 1. The molecule has 1 heterocycles. The van der Waals surface area contributed by atoms with Gasteiger partial charge in [-0.15, -0.1) is 0 Å². The predicted octanol–water partition coefficient (Wildman–Crippen LogP) is 0.0506. The van der Waals surface area contributed by atoms with Gasteiger partial charge in [-0.2, -0.15) is 5.26 Å². The summed E-state index contributed by atoms with van der Waals surface area (Å²) in [5.74, 6) is -4.09. The fourth-order valence-corrected chi connectivity index (χ4v) is 1.54. The summed E-state index contributed by atoms with van der Waals surface area (Å²) in [6, 6.07) is 1.87. The molecular weight excluding hydrogens is 234 g/mol. The highest BCUT2D eigenvalue weighted by Crippen LogP contribution is 2.30. The lowest BCUT2D eigenvalue weighted by atomic mass is 9.81. The molecule has 0 saturated carbocycles. The molecule has 0 aromatic rings. The van der Waals surface area contributed by atoms with Crippen molar-refractivity contribution in [3.8, 4) is 6.07 Å². The molecule has 1 saturated heterocycles. The van der Waals surface area contributed by atoms with Gasteiger partial charge in [0.15, 0.2) is 0 Å². The second-order valence-corrected chi connectivity index (χ2v) is 4.00. The van der Waals surface area contributed by atoms with Crippen molar-refractivity contribution in [2.24, 2.45) is 5.41 Å². The van der Waals surface area contributed by atoms with Crippen molar-refractivity contribution in [1.82, 2.24) is 5.32 Å². The Balaban J connectivity index is 2.59. The van der Waals surface area contributed by atoms with E-state index in [4.69, 9.17) is 15.1 Å². The van der Waals surface area contributed by atoms with E-state index in [1.54, 1.807) is 0 Å². The van der Waals surface area contributed by atoms with E-state index in [0.717, 1.165) is 0 Å². The van der Waals surface area contributed by atoms with Crippen molar-refractivity contribution in [2.75, 3.05) is 26.4 Å². The van der Waals surface area contributed by atoms with E-state index < -0.39 is 30.4 Å². The van der Waals surface area contributed by atoms with Crippen molar-refractivity contribution in [3.05, 3.63) is 0 Å². The standard InChI is InChI=1S/C10H14F2N2O3/c11-10(12,7-15)6-14-8(16)9(5-13)1-3-17-4-2-9/h15H,1-4,6-7H2,(H,14,16). The second-order valence-electron chi connectivity index (χ2n) is 4.00. The first-order valence-corrected chi connectivity index (χ1v) is 5.22. The Labute approximate surface area is 97.4 Å². The summed E-state index contributed by atoms with van der Waals surface area (Å²) in [4.78, 5) is 11.7. The van der Waals surface area contributed by atoms with Crippen molar-refractivity contribution in [3.63, 3.8) is 0 Å². The van der Waals surface area contributed by atoms with Crippen molar-refractivity contribution in [1.29, 1.82) is 5.26 Å². The van der Waals surface area contributed by atoms with Gasteiger partial charge < -0.3 is 15.2 Å². The Hall–Kier alpha value is -1.26. The van der Waals surface area contributed by atoms with Crippen LogP contribution in [-0.4, -0.2) is 43.3 Å². The Morgan fingerprint density at radius 3 is 2.59 bits per heavy atom. The maximum absolute atomic E-state index is 12.7. The Kier molecular flexibility index (Phi) is 4.37. The van der Waals surface area contributed by atoms with Crippen LogP contribution in [0, 0.1) is 16.7 Å². The molecule has 0 radical (unpaired) electrons. The minimum Gasteiger partial charge on any atom is -0.390 e. The minimum absolute atomic E-state index is 0.194. The van der Waals surface area contributed by atoms with Crippen LogP contribution >= 0.6 is 0 Å². The lowest BCUT2D eigenvalue weighted by Gasteiger charge is -2.29. The van der Waals surface area contributed by atoms with Crippen LogP contribution in [0.3, 0.4) is 0 Å². The highest BCUT2D eigenvalue weighted by molar-refractivity contribution is 5.85. The van der Waals surface area contributed by atoms with Crippen molar-refractivity contribution >= 4 is 5.91 Å². The van der Waals surface area contributed by atoms with Gasteiger partial charge in [-0.3, -0.25) is 4.79 Å². The Bertz CT molecular complexity index is 322. The van der Waals surface area contributed by atoms with Gasteiger partial charge in [0, 0.05) is 13.2 Å². The van der Waals surface area contributed by atoms with Crippen LogP contribution in [-0.2, 0) is 9.53 Å². The first-order valence-electron chi connectivity index (χ1n) is 5.22. The van der Waals surface area contributed by atoms with E-state index >= 15 is 0 Å². The number of halogens is 2. The molecule has 2 N–H and O–H groups in total. The number of rotatable bonds is 4. The molecule has 96 valence electrons. The summed E-state index contributed by atoms with van der Waals surface area (Å²) in [6.07, 6.45) is 0.389. The van der Waals surface area contributed by atoms with Crippen molar-refractivity contribution in [2.45, 2.75) is 18.8 Å². The molecular formula is C10H14F2N2O3. The number of carbonyl (C=O) groups excluding carboxylic acids is 1. The molecule has 1 amide bonds. The van der Waals surface area contributed by atoms with E-state index in [9.17, 15) is 13.6 Å². The van der Waals surface area contributed by atoms with Gasteiger partial charge in [-0.05, 0) is 12.8 Å². The number of carbonyl (C=O) groups is 1. The van der Waals surface area contributed by atoms with Crippen LogP contribution < -0.4 is 5.32 Å². The number of nitrogens with one attached hydrogen (secondary N) is 1. The molecule has 17 heavy (non-hydrogen) atoms. The SMILES string of the molecule is N#CC1(C(=O)NCC(F)(F)CO)CCOCC1. The second kappa shape index (κ2) is 5.38. The molecule has 0 atom stereocenters. The first kappa shape index (κ1) is 13.8. The maximum Gasteiger partial charge on any atom is 0.287 e. The monoisotopic (exact) mass is 248 g/mol. The lowest BCUT2D eigenvalue weighted by Crippen LogP contribution is -2.48. The molecule has 5 nitrogen and oxygen atoms in total. The Morgan fingerprint density at radius 1 is 1.53 bits per heavy atom. The minimum atomic E-state index is -3.36. The summed E-state index contributed by atoms with van der Waals surface area (Å²) in [5, 5.41) is 19.4. The third-order valence-corrected chi connectivity index (χ3v) is 2.73. The van der Waals surface area contributed by atoms with Gasteiger partial charge in [0.05, 0.1) is 12.6 Å². The fraction of sp³-hybridized carbons (Fsp3) is 0.800. The summed E-state index contributed by atoms with van der Waals surface area (Å²) >= 11 is 0. The first-order chi connectivity index (χ1) is 7.96. The summed E-state index contributed by atoms with van der Waals surface area (Å²) < 4.78 is 30.5. The van der Waals surface area contributed by atoms with E-state index in [2.05, 4.69) is 0 Å². The summed E-state index contributed by atoms with van der Waals surface area (Å²) in [5.41, 5.74) is -1.29. The molecule has 0 aromatic heterocycles. The van der Waals surface area contributed by atoms with E-state index in [0.29, 0.717) is 0 Å². The molecule has 1 rings (SSSR count). The smallest absolute Gasteiger partial charge is 0.287 e. The van der Waals surface area contributed by atoms with Gasteiger partial charge in [0.25, 0.3) is 5.92 Å². The molecule has 1 fully saturated rings. The van der Waals surface area contributed by atoms with Crippen LogP contribution in [0.15, 0.2) is 0 Å². The number of amides is 1. The van der Waals surface area contributed by atoms with Crippen LogP contribution in [0.25, 0.3) is 0 Å². The third kappa shape index (κ3) is 3.35. The van der Waals surface area contributed by atoms with Crippen LogP contribution in [0.4, 0.5) is 8.78 Å². The van der Waals surface area contributed by atoms with Gasteiger partial charge >= 0.3 is 0 Å². The van der Waals surface area contributed by atoms with Crippen molar-refractivity contribution < 1.29 is 23.4 Å². The molecule has 0 aromatic carbocycles. The van der Waals surface area contributed by atoms with E-state index in [1.807, 2.05) is 11.4 Å². The number of nitriles is 1. The maximum atomic E-state index is 12.7. The van der Waals surface area contributed by atoms with E-state index in [-0.39, 0.29) is 26.1 Å².